The quantitative estimate of drug-likeness (QED) is 0.157. The van der Waals surface area contributed by atoms with Gasteiger partial charge in [0, 0.05) is 59.0 Å². The summed E-state index contributed by atoms with van der Waals surface area (Å²) < 4.78 is 5.43. The molecule has 10 aromatic rings. The lowest BCUT2D eigenvalue weighted by atomic mass is 9.43. The summed E-state index contributed by atoms with van der Waals surface area (Å²) in [6.07, 6.45) is 2.41. The zero-order valence-electron chi connectivity index (χ0n) is 41.0. The summed E-state index contributed by atoms with van der Waals surface area (Å²) in [5.41, 5.74) is 21.7. The zero-order valence-corrected chi connectivity index (χ0v) is 41.8. The van der Waals surface area contributed by atoms with Crippen molar-refractivity contribution < 1.29 is 0 Å². The van der Waals surface area contributed by atoms with Gasteiger partial charge in [-0.3, -0.25) is 0 Å². The summed E-state index contributed by atoms with van der Waals surface area (Å²) in [7, 11) is 0. The molecular formula is C63H59BN2S. The highest BCUT2D eigenvalue weighted by Crippen LogP contribution is 2.54. The summed E-state index contributed by atoms with van der Waals surface area (Å²) in [6.45, 7) is 26.0. The first kappa shape index (κ1) is 41.1. The molecule has 0 radical (unpaired) electrons. The standard InChI is InChI=1S/C63H59BN2S/c1-36-16-24-41(25-17-36)66-53-33-47-46-32-49-50(63(10,11)29-28-62(49,8)9)35-55(46)67-54(47)34-45(53)48-31-44(38-18-21-39(22-19-38)60(2,3)4)56-43-26-20-37-14-12-13-15-42(37)58(43)65-52-27-23-40(61(5,6)7)30-51(52)64(66)57(48)59(56)65/h12-27,30-35H,28-29H2,1-11H3. The number of hydrogen-bond donors (Lipinski definition) is 0. The monoisotopic (exact) mass is 886 g/mol. The first-order chi connectivity index (χ1) is 31.9. The van der Waals surface area contributed by atoms with Crippen LogP contribution in [0.5, 0.6) is 0 Å². The van der Waals surface area contributed by atoms with Crippen LogP contribution in [0.25, 0.3) is 80.7 Å². The zero-order chi connectivity index (χ0) is 46.3. The Balaban J connectivity index is 1.22. The van der Waals surface area contributed by atoms with Gasteiger partial charge in [0.05, 0.1) is 11.0 Å². The minimum atomic E-state index is -0.0692. The molecule has 330 valence electrons. The van der Waals surface area contributed by atoms with E-state index in [4.69, 9.17) is 0 Å². The Morgan fingerprint density at radius 1 is 0.537 bits per heavy atom. The van der Waals surface area contributed by atoms with Crippen molar-refractivity contribution in [1.29, 1.82) is 0 Å². The average molecular weight is 887 g/mol. The predicted octanol–water partition coefficient (Wildman–Crippen LogP) is 16.5. The van der Waals surface area contributed by atoms with Crippen LogP contribution < -0.4 is 15.7 Å². The van der Waals surface area contributed by atoms with Crippen LogP contribution in [-0.2, 0) is 21.7 Å². The number of benzene rings is 8. The van der Waals surface area contributed by atoms with Gasteiger partial charge in [0.1, 0.15) is 0 Å². The maximum Gasteiger partial charge on any atom is 0.333 e. The van der Waals surface area contributed by atoms with Crippen LogP contribution in [0.2, 0.25) is 0 Å². The second kappa shape index (κ2) is 13.5. The van der Waals surface area contributed by atoms with E-state index in [-0.39, 0.29) is 28.5 Å². The molecule has 2 aromatic heterocycles. The molecule has 0 unspecified atom stereocenters. The summed E-state index contributed by atoms with van der Waals surface area (Å²) in [6, 6.07) is 53.0. The molecule has 8 aromatic carbocycles. The lowest BCUT2D eigenvalue weighted by Crippen LogP contribution is -2.60. The molecule has 0 fully saturated rings. The normalized spacial score (nSPS) is 16.0. The van der Waals surface area contributed by atoms with E-state index in [1.54, 1.807) is 0 Å². The van der Waals surface area contributed by atoms with Crippen molar-refractivity contribution in [3.05, 3.63) is 161 Å². The molecule has 1 aliphatic carbocycles. The number of hydrogen-bond acceptors (Lipinski definition) is 2. The fourth-order valence-electron chi connectivity index (χ4n) is 12.4. The minimum Gasteiger partial charge on any atom is -0.376 e. The molecule has 13 rings (SSSR count). The van der Waals surface area contributed by atoms with Crippen molar-refractivity contribution >= 4 is 93.2 Å². The van der Waals surface area contributed by atoms with E-state index < -0.39 is 0 Å². The van der Waals surface area contributed by atoms with Crippen molar-refractivity contribution in [2.75, 3.05) is 4.81 Å². The highest BCUT2D eigenvalue weighted by Gasteiger charge is 2.46. The highest BCUT2D eigenvalue weighted by atomic mass is 32.1. The molecule has 4 heteroatoms. The van der Waals surface area contributed by atoms with Crippen molar-refractivity contribution in [3.63, 3.8) is 0 Å². The molecule has 0 saturated heterocycles. The summed E-state index contributed by atoms with van der Waals surface area (Å²) in [4.78, 5) is 2.73. The second-order valence-corrected chi connectivity index (χ2v) is 24.8. The van der Waals surface area contributed by atoms with Gasteiger partial charge >= 0.3 is 6.85 Å². The lowest BCUT2D eigenvalue weighted by Gasteiger charge is -2.43. The number of aromatic nitrogens is 1. The van der Waals surface area contributed by atoms with Crippen LogP contribution in [0.15, 0.2) is 133 Å². The third kappa shape index (κ3) is 5.81. The fraction of sp³-hybridized carbons (Fsp3) is 0.270. The molecule has 2 nitrogen and oxygen atoms in total. The van der Waals surface area contributed by atoms with Crippen molar-refractivity contribution in [1.82, 2.24) is 4.57 Å². The van der Waals surface area contributed by atoms with E-state index in [1.165, 1.54) is 144 Å². The van der Waals surface area contributed by atoms with Crippen LogP contribution in [0.4, 0.5) is 11.4 Å². The number of nitrogens with zero attached hydrogens (tertiary/aromatic N) is 2. The molecule has 2 aliphatic heterocycles. The maximum absolute atomic E-state index is 2.73. The van der Waals surface area contributed by atoms with Gasteiger partial charge < -0.3 is 9.38 Å². The predicted molar refractivity (Wildman–Crippen MR) is 293 cm³/mol. The number of anilines is 2. The lowest BCUT2D eigenvalue weighted by molar-refractivity contribution is 0.332. The topological polar surface area (TPSA) is 8.17 Å². The molecule has 0 atom stereocenters. The highest BCUT2D eigenvalue weighted by molar-refractivity contribution is 7.25. The largest absolute Gasteiger partial charge is 0.376 e. The number of thiophene rings is 1. The van der Waals surface area contributed by atoms with Crippen LogP contribution in [-0.4, -0.2) is 11.4 Å². The van der Waals surface area contributed by atoms with Gasteiger partial charge in [-0.2, -0.15) is 0 Å². The van der Waals surface area contributed by atoms with Crippen LogP contribution in [0, 0.1) is 6.92 Å². The molecule has 0 saturated carbocycles. The third-order valence-electron chi connectivity index (χ3n) is 16.4. The molecule has 3 aliphatic rings. The average Bonchev–Trinajstić information content (AvgIpc) is 3.84. The van der Waals surface area contributed by atoms with Crippen LogP contribution in [0.3, 0.4) is 0 Å². The van der Waals surface area contributed by atoms with E-state index in [1.807, 2.05) is 11.3 Å². The number of aryl methyl sites for hydroxylation is 1. The molecule has 0 bridgehead atoms. The van der Waals surface area contributed by atoms with Gasteiger partial charge in [0.25, 0.3) is 0 Å². The first-order valence-corrected chi connectivity index (χ1v) is 25.4. The van der Waals surface area contributed by atoms with Crippen molar-refractivity contribution in [2.45, 2.75) is 111 Å². The SMILES string of the molecule is Cc1ccc(N2B3c4cc(C(C)(C)C)ccc4-n4c5c3c(cc(-c3ccc(C(C)(C)C)cc3)c5c3ccc5ccccc5c34)-c3cc4sc5cc6c(cc5c4cc32)C(C)(C)CCC6(C)C)cc1. The smallest absolute Gasteiger partial charge is 0.333 e. The molecular weight excluding hydrogens is 828 g/mol. The number of rotatable bonds is 2. The Hall–Kier alpha value is -6.10. The van der Waals surface area contributed by atoms with Gasteiger partial charge in [-0.15, -0.1) is 11.3 Å². The molecule has 0 amide bonds. The molecule has 0 spiro atoms. The van der Waals surface area contributed by atoms with Crippen LogP contribution in [0.1, 0.15) is 110 Å². The van der Waals surface area contributed by atoms with Gasteiger partial charge in [-0.1, -0.05) is 160 Å². The Bertz CT molecular complexity index is 3770. The molecule has 0 N–H and O–H groups in total. The van der Waals surface area contributed by atoms with E-state index in [9.17, 15) is 0 Å². The maximum atomic E-state index is 2.73. The van der Waals surface area contributed by atoms with Gasteiger partial charge in [-0.25, -0.2) is 0 Å². The Morgan fingerprint density at radius 3 is 1.91 bits per heavy atom. The summed E-state index contributed by atoms with van der Waals surface area (Å²) in [5, 5.41) is 7.95. The molecule has 4 heterocycles. The Morgan fingerprint density at radius 2 is 1.19 bits per heavy atom. The van der Waals surface area contributed by atoms with Gasteiger partial charge in [0.15, 0.2) is 0 Å². The third-order valence-corrected chi connectivity index (χ3v) is 17.5. The van der Waals surface area contributed by atoms with E-state index in [0.717, 1.165) is 0 Å². The summed E-state index contributed by atoms with van der Waals surface area (Å²) in [5.74, 6) is 0. The molecule has 67 heavy (non-hydrogen) atoms. The fourth-order valence-corrected chi connectivity index (χ4v) is 13.6. The van der Waals surface area contributed by atoms with Gasteiger partial charge in [-0.05, 0) is 145 Å². The second-order valence-electron chi connectivity index (χ2n) is 23.7. The minimum absolute atomic E-state index is 0.0352. The van der Waals surface area contributed by atoms with Crippen LogP contribution >= 0.6 is 11.3 Å². The first-order valence-electron chi connectivity index (χ1n) is 24.6. The summed E-state index contributed by atoms with van der Waals surface area (Å²) >= 11 is 1.98. The van der Waals surface area contributed by atoms with E-state index >= 15 is 0 Å². The Kier molecular flexibility index (Phi) is 8.31. The van der Waals surface area contributed by atoms with Gasteiger partial charge in [0.2, 0.25) is 0 Å². The number of fused-ring (bicyclic) bond motifs is 14. The van der Waals surface area contributed by atoms with Crippen molar-refractivity contribution in [2.24, 2.45) is 0 Å². The van der Waals surface area contributed by atoms with E-state index in [0.29, 0.717) is 0 Å². The van der Waals surface area contributed by atoms with Crippen molar-refractivity contribution in [3.8, 4) is 27.9 Å². The van der Waals surface area contributed by atoms with E-state index in [2.05, 4.69) is 219 Å². The Labute approximate surface area is 400 Å².